The summed E-state index contributed by atoms with van der Waals surface area (Å²) in [5, 5.41) is 0. The van der Waals surface area contributed by atoms with E-state index in [1.54, 1.807) is 0 Å². The van der Waals surface area contributed by atoms with E-state index in [1.807, 2.05) is 6.92 Å². The first-order valence-corrected chi connectivity index (χ1v) is 3.57. The normalized spacial score (nSPS) is 12.0. The molecule has 0 bridgehead atoms. The summed E-state index contributed by atoms with van der Waals surface area (Å²) in [4.78, 5) is 0. The second-order valence-corrected chi connectivity index (χ2v) is 2.34. The van der Waals surface area contributed by atoms with Crippen LogP contribution in [0.3, 0.4) is 0 Å². The van der Waals surface area contributed by atoms with Crippen LogP contribution in [0.4, 0.5) is 8.78 Å². The second-order valence-electron chi connectivity index (χ2n) is 2.34. The van der Waals surface area contributed by atoms with Crippen molar-refractivity contribution in [3.8, 4) is 0 Å². The summed E-state index contributed by atoms with van der Waals surface area (Å²) >= 11 is 0. The molecular weight excluding hydrogens is 154 g/mol. The summed E-state index contributed by atoms with van der Waals surface area (Å²) in [6.07, 6.45) is 0.753. The molecule has 0 aromatic rings. The van der Waals surface area contributed by atoms with Crippen LogP contribution in [0.5, 0.6) is 0 Å². The van der Waals surface area contributed by atoms with Gasteiger partial charge in [0.15, 0.2) is 0 Å². The maximum Gasteiger partial charge on any atom is 0.293 e. The Morgan fingerprint density at radius 2 is 1.91 bits per heavy atom. The van der Waals surface area contributed by atoms with Crippen LogP contribution in [0.25, 0.3) is 0 Å². The summed E-state index contributed by atoms with van der Waals surface area (Å²) in [6, 6.07) is 0. The predicted molar refractivity (Wildman–Crippen MR) is 37.9 cm³/mol. The number of halogens is 2. The molecule has 0 unspecified atom stereocenters. The van der Waals surface area contributed by atoms with E-state index in [0.29, 0.717) is 6.61 Å². The molecule has 0 spiro atoms. The van der Waals surface area contributed by atoms with E-state index in [9.17, 15) is 8.78 Å². The number of rotatable bonds is 6. The number of alkyl halides is 2. The maximum atomic E-state index is 12.5. The third kappa shape index (κ3) is 6.19. The Morgan fingerprint density at radius 3 is 2.36 bits per heavy atom. The largest absolute Gasteiger partial charge is 0.378 e. The lowest BCUT2D eigenvalue weighted by Crippen LogP contribution is -2.29. The Balaban J connectivity index is 3.38. The Morgan fingerprint density at radius 1 is 1.27 bits per heavy atom. The molecule has 0 rings (SSSR count). The lowest BCUT2D eigenvalue weighted by molar-refractivity contribution is -0.115. The average molecular weight is 168 g/mol. The monoisotopic (exact) mass is 168 g/mol. The molecule has 0 heterocycles. The SMILES string of the molecule is CCCOCC(F)(F)COC. The van der Waals surface area contributed by atoms with Crippen LogP contribution in [-0.4, -0.2) is 32.9 Å². The van der Waals surface area contributed by atoms with Gasteiger partial charge >= 0.3 is 0 Å². The van der Waals surface area contributed by atoms with E-state index in [2.05, 4.69) is 9.47 Å². The molecule has 0 aliphatic rings. The van der Waals surface area contributed by atoms with Crippen LogP contribution in [0.1, 0.15) is 13.3 Å². The molecule has 0 atom stereocenters. The topological polar surface area (TPSA) is 18.5 Å². The first-order valence-electron chi connectivity index (χ1n) is 3.57. The van der Waals surface area contributed by atoms with Crippen molar-refractivity contribution in [2.24, 2.45) is 0 Å². The first-order chi connectivity index (χ1) is 5.12. The Bertz CT molecular complexity index is 96.4. The minimum Gasteiger partial charge on any atom is -0.378 e. The molecule has 2 nitrogen and oxygen atoms in total. The number of methoxy groups -OCH3 is 1. The van der Waals surface area contributed by atoms with Crippen LogP contribution in [-0.2, 0) is 9.47 Å². The minimum atomic E-state index is -2.84. The highest BCUT2D eigenvalue weighted by Gasteiger charge is 2.28. The summed E-state index contributed by atoms with van der Waals surface area (Å²) in [5.41, 5.74) is 0. The summed E-state index contributed by atoms with van der Waals surface area (Å²) in [5.74, 6) is -2.84. The van der Waals surface area contributed by atoms with E-state index in [1.165, 1.54) is 7.11 Å². The van der Waals surface area contributed by atoms with Gasteiger partial charge in [-0.05, 0) is 6.42 Å². The van der Waals surface area contributed by atoms with Crippen LogP contribution in [0.2, 0.25) is 0 Å². The Kier molecular flexibility index (Phi) is 5.32. The van der Waals surface area contributed by atoms with Gasteiger partial charge in [-0.1, -0.05) is 6.92 Å². The van der Waals surface area contributed by atoms with Crippen molar-refractivity contribution in [2.75, 3.05) is 26.9 Å². The number of hydrogen-bond donors (Lipinski definition) is 0. The van der Waals surface area contributed by atoms with Crippen molar-refractivity contribution < 1.29 is 18.3 Å². The van der Waals surface area contributed by atoms with E-state index < -0.39 is 19.1 Å². The minimum absolute atomic E-state index is 0.374. The number of ether oxygens (including phenoxy) is 2. The molecule has 0 radical (unpaired) electrons. The van der Waals surface area contributed by atoms with Gasteiger partial charge in [0.1, 0.15) is 13.2 Å². The van der Waals surface area contributed by atoms with Crippen molar-refractivity contribution in [1.82, 2.24) is 0 Å². The molecule has 0 fully saturated rings. The Hall–Kier alpha value is -0.220. The zero-order valence-corrected chi connectivity index (χ0v) is 6.90. The summed E-state index contributed by atoms with van der Waals surface area (Å²) in [6.45, 7) is 1.12. The molecule has 11 heavy (non-hydrogen) atoms. The van der Waals surface area contributed by atoms with Gasteiger partial charge in [0, 0.05) is 13.7 Å². The fourth-order valence-electron chi connectivity index (χ4n) is 0.619. The fourth-order valence-corrected chi connectivity index (χ4v) is 0.619. The van der Waals surface area contributed by atoms with Crippen molar-refractivity contribution >= 4 is 0 Å². The van der Waals surface area contributed by atoms with Crippen LogP contribution < -0.4 is 0 Å². The van der Waals surface area contributed by atoms with Crippen LogP contribution >= 0.6 is 0 Å². The molecule has 0 aromatic carbocycles. The fraction of sp³-hybridized carbons (Fsp3) is 1.00. The van der Waals surface area contributed by atoms with Gasteiger partial charge in [-0.15, -0.1) is 0 Å². The molecule has 0 aliphatic carbocycles. The van der Waals surface area contributed by atoms with Crippen molar-refractivity contribution in [3.63, 3.8) is 0 Å². The lowest BCUT2D eigenvalue weighted by Gasteiger charge is -2.14. The predicted octanol–water partition coefficient (Wildman–Crippen LogP) is 1.69. The molecule has 0 amide bonds. The molecule has 0 N–H and O–H groups in total. The van der Waals surface area contributed by atoms with Gasteiger partial charge in [0.2, 0.25) is 0 Å². The Labute approximate surface area is 65.5 Å². The second kappa shape index (κ2) is 5.43. The zero-order chi connectivity index (χ0) is 8.74. The van der Waals surface area contributed by atoms with E-state index in [0.717, 1.165) is 6.42 Å². The smallest absolute Gasteiger partial charge is 0.293 e. The highest BCUT2D eigenvalue weighted by molar-refractivity contribution is 4.62. The van der Waals surface area contributed by atoms with Gasteiger partial charge in [-0.3, -0.25) is 0 Å². The zero-order valence-electron chi connectivity index (χ0n) is 6.90. The average Bonchev–Trinajstić information content (AvgIpc) is 1.87. The highest BCUT2D eigenvalue weighted by atomic mass is 19.3. The standard InChI is InChI=1S/C7H14F2O2/c1-3-4-11-6-7(8,9)5-10-2/h3-6H2,1-2H3. The van der Waals surface area contributed by atoms with Crippen molar-refractivity contribution in [2.45, 2.75) is 19.3 Å². The summed E-state index contributed by atoms with van der Waals surface area (Å²) < 4.78 is 34.0. The summed E-state index contributed by atoms with van der Waals surface area (Å²) in [7, 11) is 1.24. The van der Waals surface area contributed by atoms with Crippen LogP contribution in [0, 0.1) is 0 Å². The molecule has 0 saturated heterocycles. The third-order valence-electron chi connectivity index (χ3n) is 1.02. The molecule has 0 aromatic heterocycles. The van der Waals surface area contributed by atoms with Crippen molar-refractivity contribution in [1.29, 1.82) is 0 Å². The molecular formula is C7H14F2O2. The molecule has 68 valence electrons. The van der Waals surface area contributed by atoms with Gasteiger partial charge in [-0.2, -0.15) is 0 Å². The van der Waals surface area contributed by atoms with Crippen molar-refractivity contribution in [3.05, 3.63) is 0 Å². The number of hydrogen-bond acceptors (Lipinski definition) is 2. The van der Waals surface area contributed by atoms with Gasteiger partial charge in [-0.25, -0.2) is 8.78 Å². The van der Waals surface area contributed by atoms with E-state index in [-0.39, 0.29) is 0 Å². The lowest BCUT2D eigenvalue weighted by atomic mass is 10.4. The van der Waals surface area contributed by atoms with Gasteiger partial charge in [0.05, 0.1) is 0 Å². The first kappa shape index (κ1) is 10.8. The highest BCUT2D eigenvalue weighted by Crippen LogP contribution is 2.13. The molecule has 4 heteroatoms. The van der Waals surface area contributed by atoms with Gasteiger partial charge in [0.25, 0.3) is 5.92 Å². The molecule has 0 saturated carbocycles. The third-order valence-corrected chi connectivity index (χ3v) is 1.02. The van der Waals surface area contributed by atoms with Gasteiger partial charge < -0.3 is 9.47 Å². The maximum absolute atomic E-state index is 12.5. The molecule has 0 aliphatic heterocycles. The quantitative estimate of drug-likeness (QED) is 0.562. The van der Waals surface area contributed by atoms with E-state index in [4.69, 9.17) is 0 Å². The van der Waals surface area contributed by atoms with E-state index >= 15 is 0 Å². The van der Waals surface area contributed by atoms with Crippen LogP contribution in [0.15, 0.2) is 0 Å².